The summed E-state index contributed by atoms with van der Waals surface area (Å²) >= 11 is 12.1. The van der Waals surface area contributed by atoms with E-state index in [1.807, 2.05) is 13.0 Å². The summed E-state index contributed by atoms with van der Waals surface area (Å²) in [7, 11) is 0. The fourth-order valence-corrected chi connectivity index (χ4v) is 3.20. The SMILES string of the molecule is Cc1cc(C(=O)Nc2cc(C)n(Cc3ccc(Cl)cc3Cl)n2)ccc1[N+](=O)[O-]. The van der Waals surface area contributed by atoms with Crippen LogP contribution in [0, 0.1) is 24.0 Å². The number of amides is 1. The number of nitro benzene ring substituents is 1. The van der Waals surface area contributed by atoms with Crippen molar-refractivity contribution in [2.45, 2.75) is 20.4 Å². The number of carbonyl (C=O) groups excluding carboxylic acids is 1. The van der Waals surface area contributed by atoms with Gasteiger partial charge in [0.2, 0.25) is 0 Å². The van der Waals surface area contributed by atoms with E-state index in [1.165, 1.54) is 18.2 Å². The Morgan fingerprint density at radius 1 is 1.18 bits per heavy atom. The predicted molar refractivity (Wildman–Crippen MR) is 108 cm³/mol. The van der Waals surface area contributed by atoms with Gasteiger partial charge in [0.25, 0.3) is 11.6 Å². The minimum atomic E-state index is -0.482. The third-order valence-corrected chi connectivity index (χ3v) is 4.80. The van der Waals surface area contributed by atoms with Gasteiger partial charge >= 0.3 is 0 Å². The van der Waals surface area contributed by atoms with Gasteiger partial charge in [-0.25, -0.2) is 0 Å². The van der Waals surface area contributed by atoms with E-state index in [2.05, 4.69) is 10.4 Å². The average Bonchev–Trinajstić information content (AvgIpc) is 2.96. The van der Waals surface area contributed by atoms with Crippen LogP contribution in [0.2, 0.25) is 10.0 Å². The lowest BCUT2D eigenvalue weighted by Crippen LogP contribution is -2.13. The molecule has 0 saturated carbocycles. The van der Waals surface area contributed by atoms with Gasteiger partial charge in [-0.2, -0.15) is 5.10 Å². The molecule has 1 aromatic heterocycles. The lowest BCUT2D eigenvalue weighted by atomic mass is 10.1. The molecule has 1 N–H and O–H groups in total. The molecule has 3 aromatic rings. The van der Waals surface area contributed by atoms with Crippen LogP contribution in [-0.2, 0) is 6.54 Å². The molecule has 0 aliphatic rings. The van der Waals surface area contributed by atoms with Crippen LogP contribution >= 0.6 is 23.2 Å². The topological polar surface area (TPSA) is 90.1 Å². The minimum absolute atomic E-state index is 0.0310. The average molecular weight is 419 g/mol. The van der Waals surface area contributed by atoms with Gasteiger partial charge in [0.05, 0.1) is 11.5 Å². The summed E-state index contributed by atoms with van der Waals surface area (Å²) in [6, 6.07) is 11.2. The summed E-state index contributed by atoms with van der Waals surface area (Å²) in [5.41, 5.74) is 2.38. The van der Waals surface area contributed by atoms with Crippen LogP contribution in [0.3, 0.4) is 0 Å². The van der Waals surface area contributed by atoms with Gasteiger partial charge in [0.15, 0.2) is 5.82 Å². The number of carbonyl (C=O) groups is 1. The molecule has 0 unspecified atom stereocenters. The molecule has 3 rings (SSSR count). The Hall–Kier alpha value is -2.90. The molecule has 9 heteroatoms. The van der Waals surface area contributed by atoms with Crippen molar-refractivity contribution >= 4 is 40.6 Å². The Morgan fingerprint density at radius 3 is 2.57 bits per heavy atom. The standard InChI is InChI=1S/C19H16Cl2N4O3/c1-11-7-13(4-6-17(11)25(27)28)19(26)22-18-8-12(2)24(23-18)10-14-3-5-15(20)9-16(14)21/h3-9H,10H2,1-2H3,(H,22,23,26). The van der Waals surface area contributed by atoms with Crippen LogP contribution < -0.4 is 5.32 Å². The second-order valence-corrected chi connectivity index (χ2v) is 7.12. The molecule has 0 spiro atoms. The van der Waals surface area contributed by atoms with E-state index in [-0.39, 0.29) is 5.69 Å². The molecule has 0 atom stereocenters. The normalized spacial score (nSPS) is 10.7. The zero-order valence-corrected chi connectivity index (χ0v) is 16.6. The Morgan fingerprint density at radius 2 is 1.93 bits per heavy atom. The van der Waals surface area contributed by atoms with Gasteiger partial charge in [0.1, 0.15) is 0 Å². The van der Waals surface area contributed by atoms with E-state index in [9.17, 15) is 14.9 Å². The van der Waals surface area contributed by atoms with Crippen molar-refractivity contribution in [1.82, 2.24) is 9.78 Å². The van der Waals surface area contributed by atoms with Crippen LogP contribution in [0.5, 0.6) is 0 Å². The van der Waals surface area contributed by atoms with Gasteiger partial charge in [-0.15, -0.1) is 0 Å². The molecule has 0 aliphatic carbocycles. The molecule has 7 nitrogen and oxygen atoms in total. The molecule has 1 heterocycles. The van der Waals surface area contributed by atoms with Crippen molar-refractivity contribution in [3.8, 4) is 0 Å². The molecule has 0 aliphatic heterocycles. The number of nitrogens with zero attached hydrogens (tertiary/aromatic N) is 3. The first kappa shape index (κ1) is 19.9. The first-order chi connectivity index (χ1) is 13.2. The number of hydrogen-bond donors (Lipinski definition) is 1. The second-order valence-electron chi connectivity index (χ2n) is 6.28. The number of hydrogen-bond acceptors (Lipinski definition) is 4. The highest BCUT2D eigenvalue weighted by atomic mass is 35.5. The lowest BCUT2D eigenvalue weighted by molar-refractivity contribution is -0.385. The lowest BCUT2D eigenvalue weighted by Gasteiger charge is -2.07. The minimum Gasteiger partial charge on any atom is -0.305 e. The van der Waals surface area contributed by atoms with Crippen molar-refractivity contribution < 1.29 is 9.72 Å². The van der Waals surface area contributed by atoms with Gasteiger partial charge < -0.3 is 5.32 Å². The van der Waals surface area contributed by atoms with Gasteiger partial charge in [-0.3, -0.25) is 19.6 Å². The summed E-state index contributed by atoms with van der Waals surface area (Å²) in [6.45, 7) is 3.88. The molecular formula is C19H16Cl2N4O3. The zero-order valence-electron chi connectivity index (χ0n) is 15.1. The number of halogens is 2. The number of anilines is 1. The molecular weight excluding hydrogens is 403 g/mol. The van der Waals surface area contributed by atoms with Crippen LogP contribution in [0.4, 0.5) is 11.5 Å². The van der Waals surface area contributed by atoms with Crippen LogP contribution in [0.15, 0.2) is 42.5 Å². The maximum atomic E-state index is 12.5. The first-order valence-corrected chi connectivity index (χ1v) is 9.05. The van der Waals surface area contributed by atoms with Crippen molar-refractivity contribution in [3.63, 3.8) is 0 Å². The summed E-state index contributed by atoms with van der Waals surface area (Å²) < 4.78 is 1.71. The molecule has 0 radical (unpaired) electrons. The summed E-state index contributed by atoms with van der Waals surface area (Å²) in [5, 5.41) is 19.1. The van der Waals surface area contributed by atoms with E-state index < -0.39 is 10.8 Å². The van der Waals surface area contributed by atoms with E-state index in [4.69, 9.17) is 23.2 Å². The number of nitro groups is 1. The monoisotopic (exact) mass is 418 g/mol. The van der Waals surface area contributed by atoms with E-state index in [1.54, 1.807) is 29.8 Å². The molecule has 0 bridgehead atoms. The predicted octanol–water partition coefficient (Wildman–Crippen LogP) is 5.02. The van der Waals surface area contributed by atoms with Gasteiger partial charge in [-0.1, -0.05) is 29.3 Å². The van der Waals surface area contributed by atoms with Gasteiger partial charge in [-0.05, 0) is 43.7 Å². The maximum absolute atomic E-state index is 12.5. The summed E-state index contributed by atoms with van der Waals surface area (Å²) in [4.78, 5) is 22.9. The third-order valence-electron chi connectivity index (χ3n) is 4.21. The maximum Gasteiger partial charge on any atom is 0.272 e. The van der Waals surface area contributed by atoms with E-state index >= 15 is 0 Å². The molecule has 1 amide bonds. The number of aromatic nitrogens is 2. The highest BCUT2D eigenvalue weighted by molar-refractivity contribution is 6.35. The molecule has 144 valence electrons. The first-order valence-electron chi connectivity index (χ1n) is 8.29. The Kier molecular flexibility index (Phi) is 5.67. The quantitative estimate of drug-likeness (QED) is 0.465. The number of benzene rings is 2. The molecule has 0 fully saturated rings. The largest absolute Gasteiger partial charge is 0.305 e. The Labute approximate surface area is 171 Å². The highest BCUT2D eigenvalue weighted by Gasteiger charge is 2.15. The van der Waals surface area contributed by atoms with Crippen molar-refractivity contribution in [2.24, 2.45) is 0 Å². The van der Waals surface area contributed by atoms with E-state index in [0.717, 1.165) is 11.3 Å². The summed E-state index contributed by atoms with van der Waals surface area (Å²) in [5.74, 6) is -0.0178. The molecule has 0 saturated heterocycles. The highest BCUT2D eigenvalue weighted by Crippen LogP contribution is 2.23. The van der Waals surface area contributed by atoms with Crippen LogP contribution in [-0.4, -0.2) is 20.6 Å². The number of aryl methyl sites for hydroxylation is 2. The molecule has 2 aromatic carbocycles. The van der Waals surface area contributed by atoms with Crippen molar-refractivity contribution in [1.29, 1.82) is 0 Å². The van der Waals surface area contributed by atoms with Crippen molar-refractivity contribution in [3.05, 3.63) is 85.0 Å². The molecule has 28 heavy (non-hydrogen) atoms. The van der Waals surface area contributed by atoms with Crippen LogP contribution in [0.1, 0.15) is 27.2 Å². The fraction of sp³-hybridized carbons (Fsp3) is 0.158. The van der Waals surface area contributed by atoms with Crippen molar-refractivity contribution in [2.75, 3.05) is 5.32 Å². The Bertz CT molecular complexity index is 1080. The van der Waals surface area contributed by atoms with Gasteiger partial charge in [0, 0.05) is 39.0 Å². The fourth-order valence-electron chi connectivity index (χ4n) is 2.73. The third kappa shape index (κ3) is 4.32. The number of rotatable bonds is 5. The smallest absolute Gasteiger partial charge is 0.272 e. The summed E-state index contributed by atoms with van der Waals surface area (Å²) in [6.07, 6.45) is 0. The Balaban J connectivity index is 1.77. The second kappa shape index (κ2) is 8.00. The van der Waals surface area contributed by atoms with E-state index in [0.29, 0.717) is 33.5 Å². The van der Waals surface area contributed by atoms with Crippen LogP contribution in [0.25, 0.3) is 0 Å². The number of nitrogens with one attached hydrogen (secondary N) is 1. The zero-order chi connectivity index (χ0) is 20.4.